The summed E-state index contributed by atoms with van der Waals surface area (Å²) < 4.78 is 40.8. The van der Waals surface area contributed by atoms with E-state index in [1.54, 1.807) is 0 Å². The zero-order valence-electron chi connectivity index (χ0n) is 12.0. The van der Waals surface area contributed by atoms with Gasteiger partial charge < -0.3 is 10.0 Å². The molecule has 0 aromatic heterocycles. The van der Waals surface area contributed by atoms with Crippen molar-refractivity contribution < 1.29 is 17.9 Å². The van der Waals surface area contributed by atoms with Crippen molar-refractivity contribution in [3.8, 4) is 0 Å². The van der Waals surface area contributed by atoms with Gasteiger partial charge >= 0.3 is 0 Å². The molecule has 5 nitrogen and oxygen atoms in total. The van der Waals surface area contributed by atoms with Gasteiger partial charge in [0, 0.05) is 12.6 Å². The van der Waals surface area contributed by atoms with E-state index in [4.69, 9.17) is 0 Å². The highest BCUT2D eigenvalue weighted by atomic mass is 32.2. The minimum atomic E-state index is -3.83. The molecule has 0 spiro atoms. The Balaban J connectivity index is 2.20. The molecule has 1 aromatic carbocycles. The number of aliphatic hydroxyl groups excluding tert-OH is 1. The van der Waals surface area contributed by atoms with Crippen LogP contribution in [0.3, 0.4) is 0 Å². The van der Waals surface area contributed by atoms with Gasteiger partial charge in [-0.25, -0.2) is 17.5 Å². The Morgan fingerprint density at radius 3 is 2.90 bits per heavy atom. The van der Waals surface area contributed by atoms with E-state index in [9.17, 15) is 17.9 Å². The maximum atomic E-state index is 13.3. The lowest BCUT2D eigenvalue weighted by molar-refractivity contribution is 0.211. The number of aliphatic hydroxyl groups is 1. The molecule has 1 saturated heterocycles. The number of nitrogens with one attached hydrogen (secondary N) is 1. The smallest absolute Gasteiger partial charge is 0.241 e. The number of sulfonamides is 1. The van der Waals surface area contributed by atoms with E-state index < -0.39 is 22.4 Å². The largest absolute Gasteiger partial charge is 0.392 e. The molecule has 118 valence electrons. The van der Waals surface area contributed by atoms with E-state index in [-0.39, 0.29) is 16.5 Å². The van der Waals surface area contributed by atoms with Crippen molar-refractivity contribution in [2.24, 2.45) is 0 Å². The zero-order chi connectivity index (χ0) is 15.5. The fraction of sp³-hybridized carbons (Fsp3) is 0.571. The third-order valence-electron chi connectivity index (χ3n) is 3.76. The molecule has 1 aromatic rings. The second kappa shape index (κ2) is 6.83. The molecular weight excluding hydrogens is 295 g/mol. The number of likely N-dealkylation sites (N-methyl/N-ethyl adjacent to an activating group) is 1. The first-order chi connectivity index (χ1) is 9.96. The lowest BCUT2D eigenvalue weighted by Gasteiger charge is -2.32. The Kier molecular flexibility index (Phi) is 5.32. The maximum Gasteiger partial charge on any atom is 0.241 e. The highest BCUT2D eigenvalue weighted by Gasteiger charge is 2.26. The molecule has 0 aliphatic carbocycles. The van der Waals surface area contributed by atoms with Gasteiger partial charge in [-0.05, 0) is 43.6 Å². The summed E-state index contributed by atoms with van der Waals surface area (Å²) in [5.74, 6) is -0.633. The van der Waals surface area contributed by atoms with Gasteiger partial charge in [0.2, 0.25) is 10.0 Å². The van der Waals surface area contributed by atoms with Crippen LogP contribution in [0.15, 0.2) is 23.1 Å². The molecule has 2 rings (SSSR count). The molecule has 1 aliphatic rings. The SMILES string of the molecule is CCN1CCCC(NS(=O)(=O)c2cc(F)ccc2CO)C1. The summed E-state index contributed by atoms with van der Waals surface area (Å²) in [5.41, 5.74) is 0.201. The molecule has 1 unspecified atom stereocenters. The molecule has 7 heteroatoms. The van der Waals surface area contributed by atoms with Crippen molar-refractivity contribution in [2.75, 3.05) is 19.6 Å². The van der Waals surface area contributed by atoms with Crippen molar-refractivity contribution >= 4 is 10.0 Å². The van der Waals surface area contributed by atoms with E-state index in [1.165, 1.54) is 6.07 Å². The van der Waals surface area contributed by atoms with Crippen molar-refractivity contribution in [2.45, 2.75) is 37.3 Å². The van der Waals surface area contributed by atoms with E-state index >= 15 is 0 Å². The normalized spacial score (nSPS) is 20.6. The first-order valence-corrected chi connectivity index (χ1v) is 8.58. The second-order valence-electron chi connectivity index (χ2n) is 5.26. The third-order valence-corrected chi connectivity index (χ3v) is 5.37. The minimum Gasteiger partial charge on any atom is -0.392 e. The average Bonchev–Trinajstić information content (AvgIpc) is 2.47. The molecule has 0 bridgehead atoms. The number of hydrogen-bond acceptors (Lipinski definition) is 4. The molecule has 1 heterocycles. The minimum absolute atomic E-state index is 0.182. The van der Waals surface area contributed by atoms with Crippen LogP contribution in [0, 0.1) is 5.82 Å². The number of rotatable bonds is 5. The van der Waals surface area contributed by atoms with Crippen LogP contribution in [-0.2, 0) is 16.6 Å². The monoisotopic (exact) mass is 316 g/mol. The summed E-state index contributed by atoms with van der Waals surface area (Å²) in [6.45, 7) is 4.09. The molecule has 1 aliphatic heterocycles. The van der Waals surface area contributed by atoms with Crippen LogP contribution < -0.4 is 4.72 Å². The number of nitrogens with zero attached hydrogens (tertiary/aromatic N) is 1. The predicted molar refractivity (Wildman–Crippen MR) is 77.8 cm³/mol. The van der Waals surface area contributed by atoms with Gasteiger partial charge in [-0.2, -0.15) is 0 Å². The zero-order valence-corrected chi connectivity index (χ0v) is 12.9. The van der Waals surface area contributed by atoms with E-state index in [1.807, 2.05) is 6.92 Å². The molecule has 1 atom stereocenters. The lowest BCUT2D eigenvalue weighted by Crippen LogP contribution is -2.47. The van der Waals surface area contributed by atoms with Gasteiger partial charge in [0.05, 0.1) is 11.5 Å². The lowest BCUT2D eigenvalue weighted by atomic mass is 10.1. The van der Waals surface area contributed by atoms with Crippen molar-refractivity contribution in [1.29, 1.82) is 0 Å². The van der Waals surface area contributed by atoms with E-state index in [2.05, 4.69) is 9.62 Å². The van der Waals surface area contributed by atoms with Gasteiger partial charge in [0.1, 0.15) is 5.82 Å². The van der Waals surface area contributed by atoms with Crippen LogP contribution in [0.25, 0.3) is 0 Å². The summed E-state index contributed by atoms with van der Waals surface area (Å²) in [6, 6.07) is 3.21. The van der Waals surface area contributed by atoms with Crippen molar-refractivity contribution in [1.82, 2.24) is 9.62 Å². The highest BCUT2D eigenvalue weighted by Crippen LogP contribution is 2.19. The van der Waals surface area contributed by atoms with E-state index in [0.717, 1.165) is 38.1 Å². The topological polar surface area (TPSA) is 69.6 Å². The Morgan fingerprint density at radius 2 is 2.24 bits per heavy atom. The maximum absolute atomic E-state index is 13.3. The van der Waals surface area contributed by atoms with Crippen LogP contribution in [0.5, 0.6) is 0 Å². The number of halogens is 1. The fourth-order valence-electron chi connectivity index (χ4n) is 2.63. The fourth-order valence-corrected chi connectivity index (χ4v) is 4.13. The number of hydrogen-bond donors (Lipinski definition) is 2. The first-order valence-electron chi connectivity index (χ1n) is 7.10. The molecule has 0 amide bonds. The molecular formula is C14H21FN2O3S. The van der Waals surface area contributed by atoms with Crippen LogP contribution >= 0.6 is 0 Å². The van der Waals surface area contributed by atoms with Crippen LogP contribution in [0.4, 0.5) is 4.39 Å². The summed E-state index contributed by atoms with van der Waals surface area (Å²) in [6.07, 6.45) is 1.69. The summed E-state index contributed by atoms with van der Waals surface area (Å²) in [7, 11) is -3.83. The third kappa shape index (κ3) is 4.00. The Hall–Kier alpha value is -1.02. The van der Waals surface area contributed by atoms with Gasteiger partial charge in [-0.1, -0.05) is 13.0 Å². The Labute approximate surface area is 124 Å². The molecule has 0 saturated carbocycles. The average molecular weight is 316 g/mol. The Bertz CT molecular complexity index is 592. The first kappa shape index (κ1) is 16.4. The summed E-state index contributed by atoms with van der Waals surface area (Å²) >= 11 is 0. The van der Waals surface area contributed by atoms with Crippen LogP contribution in [0.2, 0.25) is 0 Å². The van der Waals surface area contributed by atoms with Crippen molar-refractivity contribution in [3.05, 3.63) is 29.6 Å². The standard InChI is InChI=1S/C14H21FN2O3S/c1-2-17-7-3-4-13(9-17)16-21(19,20)14-8-12(15)6-5-11(14)10-18/h5-6,8,13,16,18H,2-4,7,9-10H2,1H3. The summed E-state index contributed by atoms with van der Waals surface area (Å²) in [5, 5.41) is 9.24. The molecule has 1 fully saturated rings. The van der Waals surface area contributed by atoms with Crippen LogP contribution in [0.1, 0.15) is 25.3 Å². The summed E-state index contributed by atoms with van der Waals surface area (Å²) in [4.78, 5) is 1.99. The number of piperidine rings is 1. The van der Waals surface area contributed by atoms with Gasteiger partial charge in [0.25, 0.3) is 0 Å². The van der Waals surface area contributed by atoms with Gasteiger partial charge in [-0.15, -0.1) is 0 Å². The quantitative estimate of drug-likeness (QED) is 0.853. The van der Waals surface area contributed by atoms with Crippen LogP contribution in [-0.4, -0.2) is 44.1 Å². The second-order valence-corrected chi connectivity index (χ2v) is 6.95. The van der Waals surface area contributed by atoms with Gasteiger partial charge in [-0.3, -0.25) is 0 Å². The Morgan fingerprint density at radius 1 is 1.48 bits per heavy atom. The number of likely N-dealkylation sites (tertiary alicyclic amines) is 1. The predicted octanol–water partition coefficient (Wildman–Crippen LogP) is 1.08. The van der Waals surface area contributed by atoms with Gasteiger partial charge in [0.15, 0.2) is 0 Å². The number of benzene rings is 1. The van der Waals surface area contributed by atoms with Crippen molar-refractivity contribution in [3.63, 3.8) is 0 Å². The molecule has 0 radical (unpaired) electrons. The highest BCUT2D eigenvalue weighted by molar-refractivity contribution is 7.89. The molecule has 2 N–H and O–H groups in total. The van der Waals surface area contributed by atoms with E-state index in [0.29, 0.717) is 6.54 Å². The molecule has 21 heavy (non-hydrogen) atoms.